The first-order chi connectivity index (χ1) is 8.79. The maximum Gasteiger partial charge on any atom is 0.180 e. The fourth-order valence-electron chi connectivity index (χ4n) is 2.72. The van der Waals surface area contributed by atoms with Gasteiger partial charge in [0.2, 0.25) is 0 Å². The predicted molar refractivity (Wildman–Crippen MR) is 72.0 cm³/mol. The van der Waals surface area contributed by atoms with E-state index in [0.29, 0.717) is 5.92 Å². The molecule has 3 rings (SSSR count). The van der Waals surface area contributed by atoms with Crippen LogP contribution >= 0.6 is 0 Å². The summed E-state index contributed by atoms with van der Waals surface area (Å²) in [6, 6.07) is 0. The van der Waals surface area contributed by atoms with Crippen molar-refractivity contribution in [2.24, 2.45) is 0 Å². The van der Waals surface area contributed by atoms with E-state index in [0.717, 1.165) is 11.5 Å². The molecular weight excluding hydrogens is 226 g/mol. The van der Waals surface area contributed by atoms with Gasteiger partial charge in [-0.3, -0.25) is 4.40 Å². The van der Waals surface area contributed by atoms with Gasteiger partial charge in [0.05, 0.1) is 0 Å². The van der Waals surface area contributed by atoms with E-state index in [-0.39, 0.29) is 0 Å². The first kappa shape index (κ1) is 11.5. The Morgan fingerprint density at radius 3 is 2.78 bits per heavy atom. The normalized spacial score (nSPS) is 18.3. The number of rotatable bonds is 2. The van der Waals surface area contributed by atoms with Gasteiger partial charge in [0.25, 0.3) is 0 Å². The van der Waals surface area contributed by atoms with Gasteiger partial charge in [0.15, 0.2) is 11.5 Å². The summed E-state index contributed by atoms with van der Waals surface area (Å²) in [7, 11) is 4.07. The minimum Gasteiger partial charge on any atom is -0.370 e. The van der Waals surface area contributed by atoms with Gasteiger partial charge < -0.3 is 10.2 Å². The minimum atomic E-state index is 0.614. The summed E-state index contributed by atoms with van der Waals surface area (Å²) in [6.07, 6.45) is 8.27. The third-order valence-corrected chi connectivity index (χ3v) is 3.83. The van der Waals surface area contributed by atoms with Gasteiger partial charge in [-0.25, -0.2) is 9.97 Å². The van der Waals surface area contributed by atoms with Crippen LogP contribution in [0, 0.1) is 0 Å². The molecule has 5 heteroatoms. The maximum absolute atomic E-state index is 4.51. The van der Waals surface area contributed by atoms with Gasteiger partial charge >= 0.3 is 0 Å². The summed E-state index contributed by atoms with van der Waals surface area (Å²) < 4.78 is 2.18. The van der Waals surface area contributed by atoms with Crippen molar-refractivity contribution >= 4 is 11.5 Å². The second-order valence-corrected chi connectivity index (χ2v) is 4.98. The van der Waals surface area contributed by atoms with E-state index in [4.69, 9.17) is 0 Å². The molecule has 0 radical (unpaired) electrons. The molecule has 1 saturated heterocycles. The largest absolute Gasteiger partial charge is 0.370 e. The van der Waals surface area contributed by atoms with Gasteiger partial charge in [-0.2, -0.15) is 0 Å². The molecule has 0 aromatic carbocycles. The Morgan fingerprint density at radius 2 is 2.06 bits per heavy atom. The zero-order valence-electron chi connectivity index (χ0n) is 10.9. The summed E-state index contributed by atoms with van der Waals surface area (Å²) in [5.74, 6) is 1.46. The third kappa shape index (κ3) is 1.84. The van der Waals surface area contributed by atoms with E-state index >= 15 is 0 Å². The summed E-state index contributed by atoms with van der Waals surface area (Å²) in [6.45, 7) is 2.34. The highest BCUT2D eigenvalue weighted by molar-refractivity contribution is 5.62. The number of nitrogens with zero attached hydrogens (tertiary/aromatic N) is 4. The topological polar surface area (TPSA) is 45.5 Å². The van der Waals surface area contributed by atoms with Gasteiger partial charge in [-0.1, -0.05) is 0 Å². The molecule has 3 heterocycles. The quantitative estimate of drug-likeness (QED) is 0.872. The van der Waals surface area contributed by atoms with Crippen molar-refractivity contribution in [1.82, 2.24) is 19.3 Å². The van der Waals surface area contributed by atoms with Crippen molar-refractivity contribution in [1.29, 1.82) is 0 Å². The van der Waals surface area contributed by atoms with Crippen LogP contribution < -0.4 is 5.32 Å². The molecule has 0 spiro atoms. The van der Waals surface area contributed by atoms with Crippen molar-refractivity contribution < 1.29 is 0 Å². The monoisotopic (exact) mass is 245 g/mol. The number of hydrogen-bond acceptors (Lipinski definition) is 4. The molecule has 1 aliphatic heterocycles. The third-order valence-electron chi connectivity index (χ3n) is 3.83. The number of piperidine rings is 1. The van der Waals surface area contributed by atoms with Gasteiger partial charge in [-0.15, -0.1) is 0 Å². The van der Waals surface area contributed by atoms with Gasteiger partial charge in [-0.05, 0) is 33.0 Å². The summed E-state index contributed by atoms with van der Waals surface area (Å²) in [4.78, 5) is 11.2. The lowest BCUT2D eigenvalue weighted by Crippen LogP contribution is -2.29. The van der Waals surface area contributed by atoms with Crippen LogP contribution in [0.2, 0.25) is 0 Å². The van der Waals surface area contributed by atoms with Crippen LogP contribution in [0.5, 0.6) is 0 Å². The second kappa shape index (κ2) is 4.57. The van der Waals surface area contributed by atoms with E-state index in [1.165, 1.54) is 31.6 Å². The highest BCUT2D eigenvalue weighted by atomic mass is 15.1. The molecule has 0 bridgehead atoms. The number of nitrogens with one attached hydrogen (secondary N) is 1. The first-order valence-corrected chi connectivity index (χ1v) is 6.48. The lowest BCUT2D eigenvalue weighted by atomic mass is 9.94. The molecule has 0 unspecified atom stereocenters. The molecule has 96 valence electrons. The van der Waals surface area contributed by atoms with E-state index in [2.05, 4.69) is 31.6 Å². The predicted octanol–water partition coefficient (Wildman–Crippen LogP) is 1.58. The number of hydrogen-bond donors (Lipinski definition) is 1. The highest BCUT2D eigenvalue weighted by Gasteiger charge is 2.21. The number of imidazole rings is 1. The molecular formula is C13H19N5. The molecule has 0 saturated carbocycles. The molecule has 0 amide bonds. The van der Waals surface area contributed by atoms with Crippen LogP contribution in [0.1, 0.15) is 24.5 Å². The molecule has 1 fully saturated rings. The smallest absolute Gasteiger partial charge is 0.180 e. The number of aromatic nitrogens is 3. The zero-order chi connectivity index (χ0) is 12.5. The van der Waals surface area contributed by atoms with Crippen molar-refractivity contribution in [3.8, 4) is 0 Å². The van der Waals surface area contributed by atoms with Gasteiger partial charge in [0, 0.05) is 37.3 Å². The number of fused-ring (bicyclic) bond motifs is 1. The lowest BCUT2D eigenvalue weighted by molar-refractivity contribution is 0.253. The maximum atomic E-state index is 4.51. The lowest BCUT2D eigenvalue weighted by Gasteiger charge is -2.28. The molecule has 2 aromatic rings. The number of anilines is 1. The highest BCUT2D eigenvalue weighted by Crippen LogP contribution is 2.28. The van der Waals surface area contributed by atoms with Crippen molar-refractivity contribution in [3.05, 3.63) is 24.3 Å². The van der Waals surface area contributed by atoms with E-state index in [9.17, 15) is 0 Å². The Kier molecular flexibility index (Phi) is 2.91. The van der Waals surface area contributed by atoms with Crippen LogP contribution in [-0.4, -0.2) is 46.5 Å². The average Bonchev–Trinajstić information content (AvgIpc) is 2.83. The van der Waals surface area contributed by atoms with Crippen LogP contribution in [0.25, 0.3) is 5.65 Å². The molecule has 5 nitrogen and oxygen atoms in total. The Hall–Kier alpha value is -1.62. The Morgan fingerprint density at radius 1 is 1.28 bits per heavy atom. The van der Waals surface area contributed by atoms with E-state index < -0.39 is 0 Å². The molecule has 2 aromatic heterocycles. The average molecular weight is 245 g/mol. The molecule has 0 atom stereocenters. The van der Waals surface area contributed by atoms with Crippen LogP contribution in [0.4, 0.5) is 5.82 Å². The first-order valence-electron chi connectivity index (χ1n) is 6.48. The number of likely N-dealkylation sites (tertiary alicyclic amines) is 1. The fourth-order valence-corrected chi connectivity index (χ4v) is 2.72. The van der Waals surface area contributed by atoms with Gasteiger partial charge in [0.1, 0.15) is 0 Å². The summed E-state index contributed by atoms with van der Waals surface area (Å²) >= 11 is 0. The fraction of sp³-hybridized carbons (Fsp3) is 0.538. The standard InChI is InChI=1S/C13H19N5/c1-14-12-13-16-9-11(18(13)8-5-15-12)10-3-6-17(2)7-4-10/h5,8-10H,3-4,6-7H2,1-2H3,(H,14,15). The molecule has 0 aliphatic carbocycles. The zero-order valence-corrected chi connectivity index (χ0v) is 10.9. The van der Waals surface area contributed by atoms with Crippen molar-refractivity contribution in [3.63, 3.8) is 0 Å². The Balaban J connectivity index is 1.98. The van der Waals surface area contributed by atoms with E-state index in [1.807, 2.05) is 25.6 Å². The summed E-state index contributed by atoms with van der Waals surface area (Å²) in [5.41, 5.74) is 2.24. The Labute approximate surface area is 107 Å². The van der Waals surface area contributed by atoms with Crippen LogP contribution in [-0.2, 0) is 0 Å². The van der Waals surface area contributed by atoms with Crippen molar-refractivity contribution in [2.45, 2.75) is 18.8 Å². The molecule has 1 N–H and O–H groups in total. The SMILES string of the molecule is CNc1nccn2c(C3CCN(C)CC3)cnc12. The van der Waals surface area contributed by atoms with Crippen LogP contribution in [0.15, 0.2) is 18.6 Å². The molecule has 18 heavy (non-hydrogen) atoms. The Bertz CT molecular complexity index is 539. The minimum absolute atomic E-state index is 0.614. The summed E-state index contributed by atoms with van der Waals surface area (Å²) in [5, 5.41) is 3.09. The van der Waals surface area contributed by atoms with Crippen LogP contribution in [0.3, 0.4) is 0 Å². The second-order valence-electron chi connectivity index (χ2n) is 4.98. The van der Waals surface area contributed by atoms with E-state index in [1.54, 1.807) is 0 Å². The van der Waals surface area contributed by atoms with Crippen molar-refractivity contribution in [2.75, 3.05) is 32.5 Å². The molecule has 1 aliphatic rings.